The molecule has 1 aliphatic rings. The molecule has 0 spiro atoms. The van der Waals surface area contributed by atoms with E-state index in [1.807, 2.05) is 0 Å². The van der Waals surface area contributed by atoms with Crippen LogP contribution in [0.3, 0.4) is 0 Å². The highest BCUT2D eigenvalue weighted by Crippen LogP contribution is 2.25. The zero-order valence-corrected chi connectivity index (χ0v) is 9.88. The second-order valence-corrected chi connectivity index (χ2v) is 4.24. The molecule has 0 atom stereocenters. The fourth-order valence-corrected chi connectivity index (χ4v) is 2.29. The van der Waals surface area contributed by atoms with E-state index in [1.165, 1.54) is 19.2 Å². The first-order chi connectivity index (χ1) is 8.70. The summed E-state index contributed by atoms with van der Waals surface area (Å²) < 4.78 is 23.8. The molecule has 1 aromatic heterocycles. The molecule has 5 heteroatoms. The number of pyridine rings is 1. The van der Waals surface area contributed by atoms with Crippen molar-refractivity contribution in [3.63, 3.8) is 0 Å². The molecule has 2 heterocycles. The van der Waals surface area contributed by atoms with E-state index < -0.39 is 5.82 Å². The van der Waals surface area contributed by atoms with Gasteiger partial charge in [-0.2, -0.15) is 0 Å². The number of hydrogen-bond donors (Lipinski definition) is 1. The summed E-state index contributed by atoms with van der Waals surface area (Å²) >= 11 is 0. The van der Waals surface area contributed by atoms with Crippen LogP contribution in [0.1, 0.15) is 11.3 Å². The third-order valence-corrected chi connectivity index (χ3v) is 3.19. The first kappa shape index (κ1) is 11.2. The Bertz CT molecular complexity index is 678. The highest BCUT2D eigenvalue weighted by atomic mass is 19.1. The Kier molecular flexibility index (Phi) is 2.56. The van der Waals surface area contributed by atoms with Crippen LogP contribution in [0.5, 0.6) is 5.75 Å². The Hall–Kier alpha value is -1.88. The molecular weight excluding hydrogens is 237 g/mol. The second kappa shape index (κ2) is 4.10. The van der Waals surface area contributed by atoms with Crippen molar-refractivity contribution in [1.82, 2.24) is 4.98 Å². The zero-order chi connectivity index (χ0) is 12.7. The summed E-state index contributed by atoms with van der Waals surface area (Å²) in [5.74, 6) is -0.141. The molecule has 4 nitrogen and oxygen atoms in total. The number of aromatic amines is 1. The van der Waals surface area contributed by atoms with Crippen LogP contribution in [0.15, 0.2) is 16.9 Å². The van der Waals surface area contributed by atoms with Gasteiger partial charge in [0.25, 0.3) is 0 Å². The average molecular weight is 249 g/mol. The van der Waals surface area contributed by atoms with Crippen molar-refractivity contribution in [1.29, 1.82) is 0 Å². The summed E-state index contributed by atoms with van der Waals surface area (Å²) in [7, 11) is 1.45. The molecular formula is C13H12FNO3. The Morgan fingerprint density at radius 1 is 1.44 bits per heavy atom. The minimum absolute atomic E-state index is 0.184. The zero-order valence-electron chi connectivity index (χ0n) is 9.88. The van der Waals surface area contributed by atoms with E-state index >= 15 is 0 Å². The van der Waals surface area contributed by atoms with Gasteiger partial charge in [-0.05, 0) is 6.07 Å². The van der Waals surface area contributed by atoms with Crippen molar-refractivity contribution in [3.8, 4) is 5.75 Å². The second-order valence-electron chi connectivity index (χ2n) is 4.24. The number of methoxy groups -OCH3 is 1. The molecule has 94 valence electrons. The quantitative estimate of drug-likeness (QED) is 0.837. The molecule has 0 aliphatic carbocycles. The minimum atomic E-state index is -0.485. The third-order valence-electron chi connectivity index (χ3n) is 3.19. The number of benzene rings is 1. The van der Waals surface area contributed by atoms with Crippen LogP contribution >= 0.6 is 0 Å². The molecule has 2 aromatic rings. The number of aromatic nitrogens is 1. The monoisotopic (exact) mass is 249 g/mol. The van der Waals surface area contributed by atoms with Crippen molar-refractivity contribution in [3.05, 3.63) is 39.4 Å². The Morgan fingerprint density at radius 3 is 3.06 bits per heavy atom. The van der Waals surface area contributed by atoms with Crippen LogP contribution in [0.2, 0.25) is 0 Å². The SMILES string of the molecule is COc1cc(F)cc2c(=O)c3c([nH]c12)CCOC3. The first-order valence-electron chi connectivity index (χ1n) is 5.69. The van der Waals surface area contributed by atoms with Gasteiger partial charge in [-0.25, -0.2) is 4.39 Å². The molecule has 0 saturated heterocycles. The van der Waals surface area contributed by atoms with Crippen molar-refractivity contribution in [2.45, 2.75) is 13.0 Å². The highest BCUT2D eigenvalue weighted by molar-refractivity contribution is 5.85. The maximum Gasteiger partial charge on any atom is 0.195 e. The largest absolute Gasteiger partial charge is 0.494 e. The lowest BCUT2D eigenvalue weighted by atomic mass is 10.0. The van der Waals surface area contributed by atoms with E-state index in [9.17, 15) is 9.18 Å². The molecule has 0 amide bonds. The van der Waals surface area contributed by atoms with Gasteiger partial charge in [-0.3, -0.25) is 4.79 Å². The van der Waals surface area contributed by atoms with Gasteiger partial charge in [0.1, 0.15) is 11.6 Å². The van der Waals surface area contributed by atoms with E-state index in [1.54, 1.807) is 0 Å². The smallest absolute Gasteiger partial charge is 0.195 e. The Labute approximate surface area is 102 Å². The van der Waals surface area contributed by atoms with Gasteiger partial charge in [0.15, 0.2) is 5.43 Å². The summed E-state index contributed by atoms with van der Waals surface area (Å²) in [4.78, 5) is 15.4. The number of ether oxygens (including phenoxy) is 2. The van der Waals surface area contributed by atoms with Crippen molar-refractivity contribution in [2.24, 2.45) is 0 Å². The molecule has 1 aliphatic heterocycles. The first-order valence-corrected chi connectivity index (χ1v) is 5.69. The Morgan fingerprint density at radius 2 is 2.28 bits per heavy atom. The van der Waals surface area contributed by atoms with Gasteiger partial charge in [-0.15, -0.1) is 0 Å². The van der Waals surface area contributed by atoms with Crippen LogP contribution in [-0.4, -0.2) is 18.7 Å². The van der Waals surface area contributed by atoms with E-state index in [4.69, 9.17) is 9.47 Å². The van der Waals surface area contributed by atoms with Crippen molar-refractivity contribution >= 4 is 10.9 Å². The van der Waals surface area contributed by atoms with E-state index in [2.05, 4.69) is 4.98 Å². The van der Waals surface area contributed by atoms with E-state index in [0.29, 0.717) is 35.2 Å². The summed E-state index contributed by atoms with van der Waals surface area (Å²) in [5, 5.41) is 0.302. The molecule has 1 aromatic carbocycles. The van der Waals surface area contributed by atoms with Crippen LogP contribution in [0.4, 0.5) is 4.39 Å². The summed E-state index contributed by atoms with van der Waals surface area (Å²) in [6, 6.07) is 2.50. The average Bonchev–Trinajstić information content (AvgIpc) is 2.39. The van der Waals surface area contributed by atoms with Crippen LogP contribution in [0, 0.1) is 5.82 Å². The minimum Gasteiger partial charge on any atom is -0.494 e. The maximum absolute atomic E-state index is 13.4. The molecule has 1 N–H and O–H groups in total. The number of hydrogen-bond acceptors (Lipinski definition) is 3. The van der Waals surface area contributed by atoms with Gasteiger partial charge in [-0.1, -0.05) is 0 Å². The molecule has 0 unspecified atom stereocenters. The fraction of sp³-hybridized carbons (Fsp3) is 0.308. The number of H-pyrrole nitrogens is 1. The van der Waals surface area contributed by atoms with Crippen molar-refractivity contribution < 1.29 is 13.9 Å². The lowest BCUT2D eigenvalue weighted by molar-refractivity contribution is 0.108. The molecule has 18 heavy (non-hydrogen) atoms. The van der Waals surface area contributed by atoms with Crippen LogP contribution in [0.25, 0.3) is 10.9 Å². The number of fused-ring (bicyclic) bond motifs is 2. The Balaban J connectivity index is 2.42. The standard InChI is InChI=1S/C13H12FNO3/c1-17-11-5-7(14)4-8-12(11)15-10-2-3-18-6-9(10)13(8)16/h4-5H,2-3,6H2,1H3,(H,15,16). The van der Waals surface area contributed by atoms with E-state index in [0.717, 1.165) is 5.69 Å². The lowest BCUT2D eigenvalue weighted by Gasteiger charge is -2.17. The van der Waals surface area contributed by atoms with Gasteiger partial charge < -0.3 is 14.5 Å². The summed E-state index contributed by atoms with van der Waals surface area (Å²) in [6.45, 7) is 0.859. The fourth-order valence-electron chi connectivity index (χ4n) is 2.29. The summed E-state index contributed by atoms with van der Waals surface area (Å²) in [5.41, 5.74) is 1.80. The number of nitrogens with one attached hydrogen (secondary N) is 1. The molecule has 0 saturated carbocycles. The van der Waals surface area contributed by atoms with Gasteiger partial charge in [0.2, 0.25) is 0 Å². The molecule has 3 rings (SSSR count). The van der Waals surface area contributed by atoms with Gasteiger partial charge in [0, 0.05) is 23.7 Å². The van der Waals surface area contributed by atoms with E-state index in [-0.39, 0.29) is 12.0 Å². The number of halogens is 1. The molecule has 0 fully saturated rings. The third kappa shape index (κ3) is 1.59. The van der Waals surface area contributed by atoms with Crippen molar-refractivity contribution in [2.75, 3.05) is 13.7 Å². The maximum atomic E-state index is 13.4. The predicted molar refractivity (Wildman–Crippen MR) is 64.4 cm³/mol. The topological polar surface area (TPSA) is 51.3 Å². The van der Waals surface area contributed by atoms with Gasteiger partial charge in [0.05, 0.1) is 31.2 Å². The predicted octanol–water partition coefficient (Wildman–Crippen LogP) is 1.75. The lowest BCUT2D eigenvalue weighted by Crippen LogP contribution is -2.22. The summed E-state index contributed by atoms with van der Waals surface area (Å²) in [6.07, 6.45) is 0.654. The van der Waals surface area contributed by atoms with Crippen LogP contribution < -0.4 is 10.2 Å². The molecule has 0 radical (unpaired) electrons. The number of rotatable bonds is 1. The highest BCUT2D eigenvalue weighted by Gasteiger charge is 2.18. The van der Waals surface area contributed by atoms with Crippen LogP contribution in [-0.2, 0) is 17.8 Å². The van der Waals surface area contributed by atoms with Gasteiger partial charge >= 0.3 is 0 Å². The normalized spacial score (nSPS) is 14.6. The molecule has 0 bridgehead atoms.